The molecule has 2 N–H and O–H groups in total. The fourth-order valence-electron chi connectivity index (χ4n) is 2.26. The number of rotatable bonds is 3. The molecule has 2 aromatic rings. The van der Waals surface area contributed by atoms with E-state index in [4.69, 9.17) is 4.74 Å². The first kappa shape index (κ1) is 15.9. The molecule has 114 valence electrons. The molecule has 1 atom stereocenters. The lowest BCUT2D eigenvalue weighted by Crippen LogP contribution is -2.34. The van der Waals surface area contributed by atoms with Crippen molar-refractivity contribution in [3.8, 4) is 0 Å². The number of carbonyl (C=O) groups is 1. The van der Waals surface area contributed by atoms with Gasteiger partial charge in [-0.1, -0.05) is 28.9 Å². The third kappa shape index (κ3) is 4.00. The molecule has 0 aliphatic rings. The topological polar surface area (TPSA) is 54.1 Å². The van der Waals surface area contributed by atoms with E-state index in [-0.39, 0.29) is 12.1 Å². The highest BCUT2D eigenvalue weighted by atomic mass is 79.9. The highest BCUT2D eigenvalue weighted by Gasteiger charge is 2.21. The van der Waals surface area contributed by atoms with Gasteiger partial charge in [-0.15, -0.1) is 0 Å². The Morgan fingerprint density at radius 3 is 2.76 bits per heavy atom. The number of H-pyrrole nitrogens is 1. The molecule has 0 saturated heterocycles. The van der Waals surface area contributed by atoms with E-state index in [2.05, 4.69) is 26.2 Å². The molecule has 0 unspecified atom stereocenters. The molecule has 0 radical (unpaired) electrons. The Morgan fingerprint density at radius 2 is 2.14 bits per heavy atom. The number of aromatic nitrogens is 1. The van der Waals surface area contributed by atoms with E-state index in [0.717, 1.165) is 27.4 Å². The first-order valence-corrected chi connectivity index (χ1v) is 7.85. The average Bonchev–Trinajstić information content (AvgIpc) is 2.76. The summed E-state index contributed by atoms with van der Waals surface area (Å²) < 4.78 is 6.36. The Morgan fingerprint density at radius 1 is 1.43 bits per heavy atom. The molecular formula is C16H21BrN2O2. The predicted octanol–water partition coefficient (Wildman–Crippen LogP) is 4.91. The fourth-order valence-corrected chi connectivity index (χ4v) is 2.62. The number of carbonyl (C=O) groups excluding carboxylic acids is 1. The molecule has 21 heavy (non-hydrogen) atoms. The van der Waals surface area contributed by atoms with Crippen LogP contribution < -0.4 is 5.32 Å². The van der Waals surface area contributed by atoms with Crippen molar-refractivity contribution in [1.82, 2.24) is 10.3 Å². The zero-order valence-corrected chi connectivity index (χ0v) is 14.4. The first-order valence-electron chi connectivity index (χ1n) is 7.06. The van der Waals surface area contributed by atoms with Gasteiger partial charge in [0, 0.05) is 21.6 Å². The van der Waals surface area contributed by atoms with Crippen LogP contribution in [0.1, 0.15) is 45.7 Å². The third-order valence-corrected chi connectivity index (χ3v) is 3.64. The van der Waals surface area contributed by atoms with Crippen molar-refractivity contribution in [1.29, 1.82) is 0 Å². The Hall–Kier alpha value is -1.49. The standard InChI is InChI=1S/C16H21BrN2O2/c1-5-13(19-15(20)21-16(2,3)4)12-9-18-14-8-10(17)6-7-11(12)14/h6-9,13,18H,5H2,1-4H3,(H,19,20)/t13-/m0/s1. The number of benzene rings is 1. The summed E-state index contributed by atoms with van der Waals surface area (Å²) in [4.78, 5) is 15.2. The van der Waals surface area contributed by atoms with Gasteiger partial charge in [0.25, 0.3) is 0 Å². The highest BCUT2D eigenvalue weighted by molar-refractivity contribution is 9.10. The zero-order chi connectivity index (χ0) is 15.6. The lowest BCUT2D eigenvalue weighted by molar-refractivity contribution is 0.0502. The van der Waals surface area contributed by atoms with E-state index in [1.54, 1.807) is 0 Å². The minimum absolute atomic E-state index is 0.0743. The van der Waals surface area contributed by atoms with E-state index in [1.165, 1.54) is 0 Å². The maximum absolute atomic E-state index is 12.0. The molecule has 1 aromatic carbocycles. The second-order valence-electron chi connectivity index (χ2n) is 6.04. The monoisotopic (exact) mass is 352 g/mol. The maximum Gasteiger partial charge on any atom is 0.408 e. The molecule has 1 amide bonds. The van der Waals surface area contributed by atoms with Gasteiger partial charge in [-0.2, -0.15) is 0 Å². The van der Waals surface area contributed by atoms with Crippen LogP contribution in [0, 0.1) is 0 Å². The Kier molecular flexibility index (Phi) is 4.61. The molecule has 0 saturated carbocycles. The van der Waals surface area contributed by atoms with Crippen LogP contribution in [0.15, 0.2) is 28.9 Å². The molecule has 5 heteroatoms. The fraction of sp³-hybridized carbons (Fsp3) is 0.438. The van der Waals surface area contributed by atoms with Crippen molar-refractivity contribution in [2.24, 2.45) is 0 Å². The largest absolute Gasteiger partial charge is 0.444 e. The third-order valence-electron chi connectivity index (χ3n) is 3.15. The second kappa shape index (κ2) is 6.10. The van der Waals surface area contributed by atoms with Crippen molar-refractivity contribution in [2.75, 3.05) is 0 Å². The summed E-state index contributed by atoms with van der Waals surface area (Å²) in [5, 5.41) is 4.05. The van der Waals surface area contributed by atoms with Crippen LogP contribution in [-0.4, -0.2) is 16.7 Å². The maximum atomic E-state index is 12.0. The first-order chi connectivity index (χ1) is 9.80. The number of hydrogen-bond donors (Lipinski definition) is 2. The van der Waals surface area contributed by atoms with Crippen LogP contribution >= 0.6 is 15.9 Å². The van der Waals surface area contributed by atoms with E-state index in [9.17, 15) is 4.79 Å². The van der Waals surface area contributed by atoms with Crippen LogP contribution in [-0.2, 0) is 4.74 Å². The lowest BCUT2D eigenvalue weighted by Gasteiger charge is -2.23. The van der Waals surface area contributed by atoms with Crippen molar-refractivity contribution >= 4 is 32.9 Å². The summed E-state index contributed by atoms with van der Waals surface area (Å²) in [6, 6.07) is 6.00. The van der Waals surface area contributed by atoms with Crippen molar-refractivity contribution < 1.29 is 9.53 Å². The Bertz CT molecular complexity index is 643. The van der Waals surface area contributed by atoms with Gasteiger partial charge < -0.3 is 15.0 Å². The molecule has 0 aliphatic carbocycles. The number of hydrogen-bond acceptors (Lipinski definition) is 2. The number of amides is 1. The zero-order valence-electron chi connectivity index (χ0n) is 12.8. The average molecular weight is 353 g/mol. The molecule has 0 fully saturated rings. The summed E-state index contributed by atoms with van der Waals surface area (Å²) in [5.41, 5.74) is 1.63. The predicted molar refractivity (Wildman–Crippen MR) is 88.4 cm³/mol. The summed E-state index contributed by atoms with van der Waals surface area (Å²) in [5.74, 6) is 0. The van der Waals surface area contributed by atoms with Crippen LogP contribution in [0.3, 0.4) is 0 Å². The van der Waals surface area contributed by atoms with Crippen LogP contribution in [0.5, 0.6) is 0 Å². The van der Waals surface area contributed by atoms with Crippen LogP contribution in [0.4, 0.5) is 4.79 Å². The van der Waals surface area contributed by atoms with E-state index in [1.807, 2.05) is 52.1 Å². The van der Waals surface area contributed by atoms with Gasteiger partial charge >= 0.3 is 6.09 Å². The molecule has 0 bridgehead atoms. The summed E-state index contributed by atoms with van der Waals surface area (Å²) in [6.45, 7) is 7.62. The highest BCUT2D eigenvalue weighted by Crippen LogP contribution is 2.28. The molecule has 0 aliphatic heterocycles. The second-order valence-corrected chi connectivity index (χ2v) is 6.96. The Balaban J connectivity index is 2.22. The van der Waals surface area contributed by atoms with E-state index < -0.39 is 5.60 Å². The van der Waals surface area contributed by atoms with Gasteiger partial charge in [0.05, 0.1) is 6.04 Å². The van der Waals surface area contributed by atoms with E-state index in [0.29, 0.717) is 0 Å². The van der Waals surface area contributed by atoms with Gasteiger partial charge in [0.1, 0.15) is 5.60 Å². The number of nitrogens with one attached hydrogen (secondary N) is 2. The molecule has 1 aromatic heterocycles. The number of aromatic amines is 1. The van der Waals surface area contributed by atoms with Gasteiger partial charge in [0.15, 0.2) is 0 Å². The van der Waals surface area contributed by atoms with Gasteiger partial charge in [0.2, 0.25) is 0 Å². The van der Waals surface area contributed by atoms with Gasteiger partial charge in [-0.05, 0) is 44.9 Å². The lowest BCUT2D eigenvalue weighted by atomic mass is 10.0. The number of ether oxygens (including phenoxy) is 1. The minimum Gasteiger partial charge on any atom is -0.444 e. The Labute approximate surface area is 133 Å². The minimum atomic E-state index is -0.493. The van der Waals surface area contributed by atoms with Gasteiger partial charge in [-0.3, -0.25) is 0 Å². The summed E-state index contributed by atoms with van der Waals surface area (Å²) in [7, 11) is 0. The number of alkyl carbamates (subject to hydrolysis) is 1. The number of fused-ring (bicyclic) bond motifs is 1. The van der Waals surface area contributed by atoms with Crippen molar-refractivity contribution in [2.45, 2.75) is 45.8 Å². The molecular weight excluding hydrogens is 332 g/mol. The van der Waals surface area contributed by atoms with Gasteiger partial charge in [-0.25, -0.2) is 4.79 Å². The smallest absolute Gasteiger partial charge is 0.408 e. The van der Waals surface area contributed by atoms with Crippen molar-refractivity contribution in [3.63, 3.8) is 0 Å². The molecule has 0 spiro atoms. The normalized spacial score (nSPS) is 13.2. The summed E-state index contributed by atoms with van der Waals surface area (Å²) >= 11 is 3.46. The summed E-state index contributed by atoms with van der Waals surface area (Å²) in [6.07, 6.45) is 2.35. The van der Waals surface area contributed by atoms with Crippen molar-refractivity contribution in [3.05, 3.63) is 34.4 Å². The molecule has 4 nitrogen and oxygen atoms in total. The SMILES string of the molecule is CC[C@H](NC(=O)OC(C)(C)C)c1c[nH]c2cc(Br)ccc12. The van der Waals surface area contributed by atoms with Crippen LogP contribution in [0.2, 0.25) is 0 Å². The molecule has 1 heterocycles. The quantitative estimate of drug-likeness (QED) is 0.824. The molecule has 2 rings (SSSR count). The number of halogens is 1. The van der Waals surface area contributed by atoms with Crippen LogP contribution in [0.25, 0.3) is 10.9 Å². The van der Waals surface area contributed by atoms with E-state index >= 15 is 0 Å².